The molecule has 2 aromatic carbocycles. The number of nitrogens with one attached hydrogen (secondary N) is 1. The Labute approximate surface area is 267 Å². The quantitative estimate of drug-likeness (QED) is 0.426. The van der Waals surface area contributed by atoms with Crippen molar-refractivity contribution in [1.82, 2.24) is 14.7 Å². The van der Waals surface area contributed by atoms with Gasteiger partial charge in [-0.2, -0.15) is 18.4 Å². The molecule has 1 atom stereocenters. The van der Waals surface area contributed by atoms with Crippen molar-refractivity contribution in [3.63, 3.8) is 0 Å². The number of aliphatic hydroxyl groups is 1. The van der Waals surface area contributed by atoms with Gasteiger partial charge in [0.05, 0.1) is 37.0 Å². The third-order valence-corrected chi connectivity index (χ3v) is 9.44. The minimum Gasteiger partial charge on any atom is -0.379 e. The van der Waals surface area contributed by atoms with E-state index in [0.29, 0.717) is 52.2 Å². The van der Waals surface area contributed by atoms with E-state index in [1.807, 2.05) is 29.2 Å². The van der Waals surface area contributed by atoms with Gasteiger partial charge in [-0.25, -0.2) is 0 Å². The number of nitriles is 1. The first-order valence-corrected chi connectivity index (χ1v) is 16.1. The number of rotatable bonds is 9. The van der Waals surface area contributed by atoms with Crippen molar-refractivity contribution in [2.75, 3.05) is 64.3 Å². The largest absolute Gasteiger partial charge is 0.417 e. The molecule has 12 heteroatoms. The lowest BCUT2D eigenvalue weighted by Crippen LogP contribution is -2.51. The summed E-state index contributed by atoms with van der Waals surface area (Å²) in [5.74, 6) is -0.956. The van der Waals surface area contributed by atoms with Gasteiger partial charge in [0.15, 0.2) is 0 Å². The second kappa shape index (κ2) is 14.9. The molecule has 0 bridgehead atoms. The lowest BCUT2D eigenvalue weighted by atomic mass is 9.73. The van der Waals surface area contributed by atoms with Gasteiger partial charge in [-0.1, -0.05) is 43.5 Å². The molecular weight excluding hydrogens is 599 g/mol. The number of carbonyl (C=O) groups is 2. The van der Waals surface area contributed by atoms with Crippen molar-refractivity contribution in [3.05, 3.63) is 64.7 Å². The maximum Gasteiger partial charge on any atom is 0.417 e. The standard InChI is InChI=1S/C34H42F3N5O4/c35-34(36,37)30-20-29(10-9-27(30)22-38)39-32(44)33(45,28-7-2-1-3-8-28)21-25-5-4-6-26(19-25)23-40-11-13-41(14-12-40)24-31(43)42-15-17-46-18-16-42/h4-6,9-10,19-20,28,45H,1-3,7-8,11-18,21,23-24H2,(H,39,44). The first-order valence-electron chi connectivity index (χ1n) is 16.1. The predicted octanol–water partition coefficient (Wildman–Crippen LogP) is 4.05. The summed E-state index contributed by atoms with van der Waals surface area (Å²) in [6.07, 6.45) is -0.732. The van der Waals surface area contributed by atoms with E-state index in [2.05, 4.69) is 15.1 Å². The number of hydrogen-bond donors (Lipinski definition) is 2. The molecule has 2 heterocycles. The second-order valence-electron chi connectivity index (χ2n) is 12.6. The van der Waals surface area contributed by atoms with Crippen LogP contribution in [0.5, 0.6) is 0 Å². The summed E-state index contributed by atoms with van der Waals surface area (Å²) >= 11 is 0. The zero-order valence-electron chi connectivity index (χ0n) is 26.0. The fourth-order valence-electron chi connectivity index (χ4n) is 6.80. The summed E-state index contributed by atoms with van der Waals surface area (Å²) in [4.78, 5) is 32.7. The molecule has 9 nitrogen and oxygen atoms in total. The number of piperazine rings is 1. The highest BCUT2D eigenvalue weighted by Crippen LogP contribution is 2.37. The Bertz CT molecular complexity index is 1410. The molecule has 2 aliphatic heterocycles. The minimum absolute atomic E-state index is 0.0250. The van der Waals surface area contributed by atoms with Gasteiger partial charge in [-0.05, 0) is 48.1 Å². The molecule has 0 spiro atoms. The van der Waals surface area contributed by atoms with Gasteiger partial charge in [0.1, 0.15) is 5.60 Å². The van der Waals surface area contributed by atoms with Crippen LogP contribution in [0.4, 0.5) is 18.9 Å². The Morgan fingerprint density at radius 3 is 2.28 bits per heavy atom. The zero-order chi connectivity index (χ0) is 32.7. The molecular formula is C34H42F3N5O4. The highest BCUT2D eigenvalue weighted by atomic mass is 19.4. The average molecular weight is 642 g/mol. The van der Waals surface area contributed by atoms with E-state index in [-0.39, 0.29) is 23.9 Å². The summed E-state index contributed by atoms with van der Waals surface area (Å²) in [7, 11) is 0. The first kappa shape index (κ1) is 33.9. The van der Waals surface area contributed by atoms with E-state index in [9.17, 15) is 27.9 Å². The first-order chi connectivity index (χ1) is 22.0. The van der Waals surface area contributed by atoms with Gasteiger partial charge in [0.25, 0.3) is 5.91 Å². The van der Waals surface area contributed by atoms with E-state index >= 15 is 0 Å². The Balaban J connectivity index is 1.24. The third-order valence-electron chi connectivity index (χ3n) is 9.44. The van der Waals surface area contributed by atoms with E-state index in [0.717, 1.165) is 68.7 Å². The highest BCUT2D eigenvalue weighted by molar-refractivity contribution is 5.97. The van der Waals surface area contributed by atoms with Crippen LogP contribution in [0.2, 0.25) is 0 Å². The highest BCUT2D eigenvalue weighted by Gasteiger charge is 2.44. The maximum atomic E-state index is 13.7. The summed E-state index contributed by atoms with van der Waals surface area (Å²) in [6.45, 7) is 6.71. The Kier molecular flexibility index (Phi) is 11.0. The molecule has 0 radical (unpaired) electrons. The zero-order valence-corrected chi connectivity index (χ0v) is 26.0. The van der Waals surface area contributed by atoms with Gasteiger partial charge < -0.3 is 20.1 Å². The number of halogens is 3. The fourth-order valence-corrected chi connectivity index (χ4v) is 6.80. The van der Waals surface area contributed by atoms with Crippen molar-refractivity contribution < 1.29 is 32.6 Å². The second-order valence-corrected chi connectivity index (χ2v) is 12.6. The van der Waals surface area contributed by atoms with Gasteiger partial charge in [0, 0.05) is 57.9 Å². The molecule has 1 saturated carbocycles. The molecule has 5 rings (SSSR count). The van der Waals surface area contributed by atoms with E-state index in [1.54, 1.807) is 6.07 Å². The molecule has 2 amide bonds. The fraction of sp³-hybridized carbons (Fsp3) is 0.559. The van der Waals surface area contributed by atoms with Crippen molar-refractivity contribution in [1.29, 1.82) is 5.26 Å². The number of nitrogens with zero attached hydrogens (tertiary/aromatic N) is 4. The molecule has 2 N–H and O–H groups in total. The summed E-state index contributed by atoms with van der Waals surface area (Å²) in [5.41, 5.74) is -1.82. The maximum absolute atomic E-state index is 13.7. The molecule has 3 aliphatic rings. The van der Waals surface area contributed by atoms with Crippen molar-refractivity contribution in [3.8, 4) is 6.07 Å². The third kappa shape index (κ3) is 8.45. The number of ether oxygens (including phenoxy) is 1. The number of alkyl halides is 3. The number of hydrogen-bond acceptors (Lipinski definition) is 7. The molecule has 248 valence electrons. The smallest absolute Gasteiger partial charge is 0.379 e. The summed E-state index contributed by atoms with van der Waals surface area (Å²) < 4.78 is 46.1. The lowest BCUT2D eigenvalue weighted by Gasteiger charge is -2.37. The Morgan fingerprint density at radius 2 is 1.61 bits per heavy atom. The van der Waals surface area contributed by atoms with E-state index in [1.165, 1.54) is 6.07 Å². The van der Waals surface area contributed by atoms with Crippen molar-refractivity contribution in [2.45, 2.75) is 56.8 Å². The summed E-state index contributed by atoms with van der Waals surface area (Å²) in [5, 5.41) is 23.7. The van der Waals surface area contributed by atoms with Crippen LogP contribution in [0.25, 0.3) is 0 Å². The number of anilines is 1. The van der Waals surface area contributed by atoms with Crippen LogP contribution in [0, 0.1) is 17.2 Å². The van der Waals surface area contributed by atoms with Gasteiger partial charge in [0.2, 0.25) is 5.91 Å². The molecule has 3 fully saturated rings. The molecule has 1 aliphatic carbocycles. The van der Waals surface area contributed by atoms with Crippen LogP contribution >= 0.6 is 0 Å². The predicted molar refractivity (Wildman–Crippen MR) is 166 cm³/mol. The molecule has 2 aromatic rings. The van der Waals surface area contributed by atoms with Crippen LogP contribution < -0.4 is 5.32 Å². The van der Waals surface area contributed by atoms with Crippen LogP contribution in [-0.4, -0.2) is 96.2 Å². The topological polar surface area (TPSA) is 109 Å². The van der Waals surface area contributed by atoms with E-state index < -0.39 is 28.8 Å². The number of amides is 2. The number of carbonyl (C=O) groups excluding carboxylic acids is 2. The van der Waals surface area contributed by atoms with Crippen LogP contribution in [0.15, 0.2) is 42.5 Å². The normalized spacial score (nSPS) is 20.1. The van der Waals surface area contributed by atoms with Gasteiger partial charge >= 0.3 is 6.18 Å². The van der Waals surface area contributed by atoms with Crippen LogP contribution in [0.3, 0.4) is 0 Å². The van der Waals surface area contributed by atoms with Gasteiger partial charge in [-0.15, -0.1) is 0 Å². The monoisotopic (exact) mass is 641 g/mol. The molecule has 1 unspecified atom stereocenters. The SMILES string of the molecule is N#Cc1ccc(NC(=O)C(O)(Cc2cccc(CN3CCN(CC(=O)N4CCOCC4)CC3)c2)C2CCCCC2)cc1C(F)(F)F. The summed E-state index contributed by atoms with van der Waals surface area (Å²) in [6, 6.07) is 12.3. The van der Waals surface area contributed by atoms with E-state index in [4.69, 9.17) is 10.00 Å². The molecule has 0 aromatic heterocycles. The lowest BCUT2D eigenvalue weighted by molar-refractivity contribution is -0.142. The Hall–Kier alpha value is -3.50. The molecule has 46 heavy (non-hydrogen) atoms. The average Bonchev–Trinajstić information content (AvgIpc) is 3.06. The number of benzene rings is 2. The molecule has 2 saturated heterocycles. The van der Waals surface area contributed by atoms with Crippen molar-refractivity contribution in [2.24, 2.45) is 5.92 Å². The van der Waals surface area contributed by atoms with Crippen LogP contribution in [-0.2, 0) is 33.5 Å². The minimum atomic E-state index is -4.76. The number of morpholine rings is 1. The van der Waals surface area contributed by atoms with Gasteiger partial charge in [-0.3, -0.25) is 19.4 Å². The van der Waals surface area contributed by atoms with Crippen molar-refractivity contribution >= 4 is 17.5 Å². The Morgan fingerprint density at radius 1 is 0.935 bits per heavy atom. The van der Waals surface area contributed by atoms with Crippen LogP contribution in [0.1, 0.15) is 54.4 Å².